The fraction of sp³-hybridized carbons (Fsp3) is 0.133. The predicted molar refractivity (Wildman–Crippen MR) is 77.8 cm³/mol. The fourth-order valence-electron chi connectivity index (χ4n) is 1.86. The van der Waals surface area contributed by atoms with Gasteiger partial charge < -0.3 is 5.11 Å². The highest BCUT2D eigenvalue weighted by Crippen LogP contribution is 2.23. The van der Waals surface area contributed by atoms with Gasteiger partial charge in [-0.2, -0.15) is 0 Å². The highest BCUT2D eigenvalue weighted by Gasteiger charge is 2.20. The maximum absolute atomic E-state index is 11.4. The zero-order valence-corrected chi connectivity index (χ0v) is 11.8. The number of halogens is 1. The molecule has 0 aliphatic carbocycles. The summed E-state index contributed by atoms with van der Waals surface area (Å²) >= 11 is 3.39. The quantitative estimate of drug-likeness (QED) is 0.888. The van der Waals surface area contributed by atoms with Crippen LogP contribution in [-0.2, 0) is 11.3 Å². The van der Waals surface area contributed by atoms with E-state index in [4.69, 9.17) is 0 Å². The van der Waals surface area contributed by atoms with Crippen LogP contribution in [0.15, 0.2) is 59.1 Å². The molecule has 19 heavy (non-hydrogen) atoms. The van der Waals surface area contributed by atoms with Crippen LogP contribution in [0.4, 0.5) is 0 Å². The average molecular weight is 320 g/mol. The van der Waals surface area contributed by atoms with Gasteiger partial charge in [0.1, 0.15) is 6.04 Å². The molecule has 0 spiro atoms. The van der Waals surface area contributed by atoms with Crippen molar-refractivity contribution in [2.75, 3.05) is 0 Å². The van der Waals surface area contributed by atoms with E-state index < -0.39 is 12.0 Å². The third-order valence-corrected chi connectivity index (χ3v) is 3.54. The van der Waals surface area contributed by atoms with E-state index in [0.29, 0.717) is 6.54 Å². The van der Waals surface area contributed by atoms with Crippen LogP contribution in [0, 0.1) is 0 Å². The van der Waals surface area contributed by atoms with E-state index in [1.165, 1.54) is 0 Å². The molecule has 4 heteroatoms. The number of nitrogens with one attached hydrogen (secondary N) is 1. The molecule has 0 heterocycles. The highest BCUT2D eigenvalue weighted by atomic mass is 79.9. The second-order valence-corrected chi connectivity index (χ2v) is 5.01. The van der Waals surface area contributed by atoms with Gasteiger partial charge in [-0.3, -0.25) is 10.1 Å². The molecule has 0 saturated heterocycles. The Bertz CT molecular complexity index is 557. The van der Waals surface area contributed by atoms with Crippen molar-refractivity contribution in [3.8, 4) is 0 Å². The summed E-state index contributed by atoms with van der Waals surface area (Å²) in [6.45, 7) is 0.513. The SMILES string of the molecule is O=C(O)C(NCc1ccccc1)c1ccccc1Br. The molecule has 1 unspecified atom stereocenters. The number of carboxylic acid groups (broad SMARTS) is 1. The minimum atomic E-state index is -0.886. The lowest BCUT2D eigenvalue weighted by molar-refractivity contribution is -0.139. The summed E-state index contributed by atoms with van der Waals surface area (Å²) in [5.41, 5.74) is 1.78. The van der Waals surface area contributed by atoms with Crippen molar-refractivity contribution >= 4 is 21.9 Å². The molecule has 0 bridgehead atoms. The monoisotopic (exact) mass is 319 g/mol. The summed E-state index contributed by atoms with van der Waals surface area (Å²) in [4.78, 5) is 11.4. The van der Waals surface area contributed by atoms with Gasteiger partial charge in [0, 0.05) is 11.0 Å². The number of hydrogen-bond donors (Lipinski definition) is 2. The first-order valence-corrected chi connectivity index (χ1v) is 6.72. The molecule has 2 aromatic rings. The Balaban J connectivity index is 2.14. The Morgan fingerprint density at radius 3 is 2.37 bits per heavy atom. The molecule has 0 aliphatic rings. The molecular formula is C15H14BrNO2. The lowest BCUT2D eigenvalue weighted by atomic mass is 10.1. The van der Waals surface area contributed by atoms with E-state index in [-0.39, 0.29) is 0 Å². The molecule has 98 valence electrons. The van der Waals surface area contributed by atoms with E-state index in [9.17, 15) is 9.90 Å². The first kappa shape index (κ1) is 13.8. The molecule has 0 aromatic heterocycles. The van der Waals surface area contributed by atoms with Crippen LogP contribution in [0.3, 0.4) is 0 Å². The summed E-state index contributed by atoms with van der Waals surface area (Å²) in [5, 5.41) is 12.4. The van der Waals surface area contributed by atoms with Gasteiger partial charge in [-0.1, -0.05) is 64.5 Å². The van der Waals surface area contributed by atoms with E-state index in [1.54, 1.807) is 6.07 Å². The van der Waals surface area contributed by atoms with Crippen LogP contribution >= 0.6 is 15.9 Å². The van der Waals surface area contributed by atoms with Crippen LogP contribution in [0.5, 0.6) is 0 Å². The van der Waals surface area contributed by atoms with Crippen LogP contribution < -0.4 is 5.32 Å². The standard InChI is InChI=1S/C15H14BrNO2/c16-13-9-5-4-8-12(13)14(15(18)19)17-10-11-6-2-1-3-7-11/h1-9,14,17H,10H2,(H,18,19). The van der Waals surface area contributed by atoms with Crippen molar-refractivity contribution in [3.05, 3.63) is 70.2 Å². The number of benzene rings is 2. The molecule has 0 aliphatic heterocycles. The van der Waals surface area contributed by atoms with Crippen molar-refractivity contribution in [2.24, 2.45) is 0 Å². The summed E-state index contributed by atoms with van der Waals surface area (Å²) in [6.07, 6.45) is 0. The van der Waals surface area contributed by atoms with Gasteiger partial charge in [-0.15, -0.1) is 0 Å². The van der Waals surface area contributed by atoms with Gasteiger partial charge in [-0.25, -0.2) is 0 Å². The van der Waals surface area contributed by atoms with Gasteiger partial charge in [0.05, 0.1) is 0 Å². The zero-order chi connectivity index (χ0) is 13.7. The van der Waals surface area contributed by atoms with E-state index >= 15 is 0 Å². The maximum atomic E-state index is 11.4. The highest BCUT2D eigenvalue weighted by molar-refractivity contribution is 9.10. The molecule has 0 radical (unpaired) electrons. The summed E-state index contributed by atoms with van der Waals surface area (Å²) < 4.78 is 0.794. The maximum Gasteiger partial charge on any atom is 0.325 e. The third-order valence-electron chi connectivity index (χ3n) is 2.82. The Labute approximate surface area is 120 Å². The van der Waals surface area contributed by atoms with E-state index in [2.05, 4.69) is 21.2 Å². The van der Waals surface area contributed by atoms with Crippen molar-refractivity contribution < 1.29 is 9.90 Å². The van der Waals surface area contributed by atoms with Gasteiger partial charge in [0.2, 0.25) is 0 Å². The summed E-state index contributed by atoms with van der Waals surface area (Å²) in [5.74, 6) is -0.886. The number of aliphatic carboxylic acids is 1. The molecule has 1 atom stereocenters. The van der Waals surface area contributed by atoms with Gasteiger partial charge in [0.25, 0.3) is 0 Å². The lowest BCUT2D eigenvalue weighted by Crippen LogP contribution is -2.28. The second-order valence-electron chi connectivity index (χ2n) is 4.16. The summed E-state index contributed by atoms with van der Waals surface area (Å²) in [7, 11) is 0. The molecule has 2 aromatic carbocycles. The van der Waals surface area contributed by atoms with Gasteiger partial charge in [0.15, 0.2) is 0 Å². The smallest absolute Gasteiger partial charge is 0.325 e. The van der Waals surface area contributed by atoms with Crippen LogP contribution in [-0.4, -0.2) is 11.1 Å². The minimum absolute atomic E-state index is 0.513. The lowest BCUT2D eigenvalue weighted by Gasteiger charge is -2.16. The van der Waals surface area contributed by atoms with Gasteiger partial charge >= 0.3 is 5.97 Å². The van der Waals surface area contributed by atoms with Gasteiger partial charge in [-0.05, 0) is 17.2 Å². The molecule has 2 rings (SSSR count). The van der Waals surface area contributed by atoms with Crippen LogP contribution in [0.1, 0.15) is 17.2 Å². The third kappa shape index (κ3) is 3.66. The Morgan fingerprint density at radius 1 is 1.11 bits per heavy atom. The molecular weight excluding hydrogens is 306 g/mol. The van der Waals surface area contributed by atoms with Crippen LogP contribution in [0.2, 0.25) is 0 Å². The molecule has 2 N–H and O–H groups in total. The largest absolute Gasteiger partial charge is 0.480 e. The first-order chi connectivity index (χ1) is 9.18. The number of carbonyl (C=O) groups is 1. The topological polar surface area (TPSA) is 49.3 Å². The fourth-order valence-corrected chi connectivity index (χ4v) is 2.37. The second kappa shape index (κ2) is 6.50. The number of rotatable bonds is 5. The Morgan fingerprint density at radius 2 is 1.74 bits per heavy atom. The van der Waals surface area contributed by atoms with Crippen molar-refractivity contribution in [1.82, 2.24) is 5.32 Å². The predicted octanol–water partition coefficient (Wildman–Crippen LogP) is 3.36. The van der Waals surface area contributed by atoms with Crippen molar-refractivity contribution in [1.29, 1.82) is 0 Å². The molecule has 0 fully saturated rings. The minimum Gasteiger partial charge on any atom is -0.480 e. The first-order valence-electron chi connectivity index (χ1n) is 5.93. The number of carboxylic acids is 1. The zero-order valence-electron chi connectivity index (χ0n) is 10.2. The normalized spacial score (nSPS) is 12.1. The van der Waals surface area contributed by atoms with Crippen molar-refractivity contribution in [3.63, 3.8) is 0 Å². The molecule has 0 amide bonds. The Kier molecular flexibility index (Phi) is 4.71. The van der Waals surface area contributed by atoms with Crippen LogP contribution in [0.25, 0.3) is 0 Å². The molecule has 0 saturated carbocycles. The molecule has 3 nitrogen and oxygen atoms in total. The average Bonchev–Trinajstić information content (AvgIpc) is 2.42. The van der Waals surface area contributed by atoms with E-state index in [1.807, 2.05) is 48.5 Å². The number of hydrogen-bond acceptors (Lipinski definition) is 2. The summed E-state index contributed by atoms with van der Waals surface area (Å²) in [6, 6.07) is 16.4. The van der Waals surface area contributed by atoms with Crippen molar-refractivity contribution in [2.45, 2.75) is 12.6 Å². The van der Waals surface area contributed by atoms with E-state index in [0.717, 1.165) is 15.6 Å². The Hall–Kier alpha value is -1.65.